The van der Waals surface area contributed by atoms with Crippen molar-refractivity contribution in [1.82, 2.24) is 10.2 Å². The maximum Gasteiger partial charge on any atom is 0.407 e. The van der Waals surface area contributed by atoms with Gasteiger partial charge in [-0.2, -0.15) is 0 Å². The van der Waals surface area contributed by atoms with Gasteiger partial charge in [-0.1, -0.05) is 0 Å². The highest BCUT2D eigenvalue weighted by molar-refractivity contribution is 5.94. The number of carboxylic acid groups (broad SMARTS) is 1. The number of hydrogen-bond acceptors (Lipinski definition) is 3. The first-order chi connectivity index (χ1) is 9.60. The van der Waals surface area contributed by atoms with Gasteiger partial charge in [0.15, 0.2) is 0 Å². The van der Waals surface area contributed by atoms with Crippen LogP contribution in [0.5, 0.6) is 0 Å². The Balaban J connectivity index is 1.88. The molecule has 0 spiro atoms. The number of piperidine rings is 1. The number of benzene rings is 1. The van der Waals surface area contributed by atoms with E-state index in [1.165, 1.54) is 4.90 Å². The maximum absolute atomic E-state index is 11.4. The van der Waals surface area contributed by atoms with Crippen molar-refractivity contribution in [2.45, 2.75) is 18.9 Å². The standard InChI is InChI=1S/C14H19N3O3/c1-15-13(18)10-2-4-11(5-3-10)16-12-6-8-17(9-7-12)14(19)20/h2-5,12,16H,6-9H2,1H3,(H,15,18)(H,19,20). The predicted octanol–water partition coefficient (Wildman–Crippen LogP) is 1.60. The number of likely N-dealkylation sites (tertiary alicyclic amines) is 1. The minimum atomic E-state index is -0.849. The third kappa shape index (κ3) is 3.40. The zero-order valence-electron chi connectivity index (χ0n) is 11.4. The molecule has 0 aliphatic carbocycles. The molecule has 0 bridgehead atoms. The second-order valence-corrected chi connectivity index (χ2v) is 4.84. The van der Waals surface area contributed by atoms with Crippen LogP contribution in [0.1, 0.15) is 23.2 Å². The smallest absolute Gasteiger partial charge is 0.407 e. The number of rotatable bonds is 3. The van der Waals surface area contributed by atoms with Gasteiger partial charge in [-0.15, -0.1) is 0 Å². The van der Waals surface area contributed by atoms with Gasteiger partial charge in [0.2, 0.25) is 0 Å². The van der Waals surface area contributed by atoms with Gasteiger partial charge in [0, 0.05) is 37.4 Å². The van der Waals surface area contributed by atoms with Gasteiger partial charge in [0.1, 0.15) is 0 Å². The molecule has 0 saturated carbocycles. The Morgan fingerprint density at radius 3 is 2.30 bits per heavy atom. The third-order valence-corrected chi connectivity index (χ3v) is 3.51. The average Bonchev–Trinajstić information content (AvgIpc) is 2.48. The van der Waals surface area contributed by atoms with Crippen LogP contribution in [0.15, 0.2) is 24.3 Å². The van der Waals surface area contributed by atoms with Crippen molar-refractivity contribution in [3.8, 4) is 0 Å². The molecule has 0 aromatic heterocycles. The van der Waals surface area contributed by atoms with Crippen molar-refractivity contribution in [1.29, 1.82) is 0 Å². The first-order valence-corrected chi connectivity index (χ1v) is 6.66. The van der Waals surface area contributed by atoms with Gasteiger partial charge in [-0.05, 0) is 37.1 Å². The van der Waals surface area contributed by atoms with Gasteiger partial charge in [-0.25, -0.2) is 4.79 Å². The zero-order valence-corrected chi connectivity index (χ0v) is 11.4. The molecule has 1 aromatic carbocycles. The number of nitrogens with zero attached hydrogens (tertiary/aromatic N) is 1. The minimum Gasteiger partial charge on any atom is -0.465 e. The van der Waals surface area contributed by atoms with Crippen LogP contribution in [0.4, 0.5) is 10.5 Å². The van der Waals surface area contributed by atoms with Gasteiger partial charge in [-0.3, -0.25) is 4.79 Å². The quantitative estimate of drug-likeness (QED) is 0.784. The topological polar surface area (TPSA) is 81.7 Å². The normalized spacial score (nSPS) is 15.8. The Labute approximate surface area is 117 Å². The zero-order chi connectivity index (χ0) is 14.5. The molecule has 1 aliphatic rings. The summed E-state index contributed by atoms with van der Waals surface area (Å²) in [7, 11) is 1.60. The lowest BCUT2D eigenvalue weighted by atomic mass is 10.0. The van der Waals surface area contributed by atoms with Crippen molar-refractivity contribution >= 4 is 17.7 Å². The Hall–Kier alpha value is -2.24. The van der Waals surface area contributed by atoms with Gasteiger partial charge in [0.25, 0.3) is 5.91 Å². The molecule has 6 heteroatoms. The summed E-state index contributed by atoms with van der Waals surface area (Å²) in [6.45, 7) is 1.12. The molecule has 1 aliphatic heterocycles. The maximum atomic E-state index is 11.4. The highest BCUT2D eigenvalue weighted by atomic mass is 16.4. The van der Waals surface area contributed by atoms with Gasteiger partial charge < -0.3 is 20.6 Å². The van der Waals surface area contributed by atoms with E-state index in [9.17, 15) is 9.59 Å². The second kappa shape index (κ2) is 6.27. The van der Waals surface area contributed by atoms with Crippen LogP contribution in [0.2, 0.25) is 0 Å². The molecule has 2 amide bonds. The summed E-state index contributed by atoms with van der Waals surface area (Å²) in [5.74, 6) is -0.105. The van der Waals surface area contributed by atoms with E-state index in [2.05, 4.69) is 10.6 Å². The van der Waals surface area contributed by atoms with Gasteiger partial charge >= 0.3 is 6.09 Å². The molecule has 3 N–H and O–H groups in total. The van der Waals surface area contributed by atoms with E-state index in [4.69, 9.17) is 5.11 Å². The fourth-order valence-corrected chi connectivity index (χ4v) is 2.31. The lowest BCUT2D eigenvalue weighted by Crippen LogP contribution is -2.41. The summed E-state index contributed by atoms with van der Waals surface area (Å²) in [4.78, 5) is 23.7. The van der Waals surface area contributed by atoms with Crippen LogP contribution < -0.4 is 10.6 Å². The van der Waals surface area contributed by atoms with Crippen LogP contribution in [0.25, 0.3) is 0 Å². The molecule has 2 rings (SSSR count). The van der Waals surface area contributed by atoms with Crippen LogP contribution in [-0.4, -0.2) is 48.2 Å². The number of amides is 2. The first-order valence-electron chi connectivity index (χ1n) is 6.66. The fourth-order valence-electron chi connectivity index (χ4n) is 2.31. The summed E-state index contributed by atoms with van der Waals surface area (Å²) < 4.78 is 0. The molecule has 1 fully saturated rings. The lowest BCUT2D eigenvalue weighted by Gasteiger charge is -2.31. The molecule has 1 heterocycles. The Bertz CT molecular complexity index is 479. The third-order valence-electron chi connectivity index (χ3n) is 3.51. The summed E-state index contributed by atoms with van der Waals surface area (Å²) in [5, 5.41) is 14.8. The van der Waals surface area contributed by atoms with Crippen molar-refractivity contribution in [2.24, 2.45) is 0 Å². The molecule has 0 atom stereocenters. The van der Waals surface area contributed by atoms with E-state index in [1.807, 2.05) is 12.1 Å². The van der Waals surface area contributed by atoms with E-state index >= 15 is 0 Å². The monoisotopic (exact) mass is 277 g/mol. The van der Waals surface area contributed by atoms with Crippen molar-refractivity contribution in [3.63, 3.8) is 0 Å². The summed E-state index contributed by atoms with van der Waals surface area (Å²) in [5.41, 5.74) is 1.57. The molecule has 0 radical (unpaired) electrons. The molecule has 0 unspecified atom stereocenters. The minimum absolute atomic E-state index is 0.105. The van der Waals surface area contributed by atoms with Crippen molar-refractivity contribution in [2.75, 3.05) is 25.5 Å². The summed E-state index contributed by atoms with van der Waals surface area (Å²) in [6, 6.07) is 7.56. The molecule has 108 valence electrons. The van der Waals surface area contributed by atoms with E-state index in [-0.39, 0.29) is 11.9 Å². The molecule has 1 aromatic rings. The fraction of sp³-hybridized carbons (Fsp3) is 0.429. The van der Waals surface area contributed by atoms with E-state index in [0.29, 0.717) is 18.7 Å². The number of carbonyl (C=O) groups excluding carboxylic acids is 1. The number of anilines is 1. The van der Waals surface area contributed by atoms with Crippen molar-refractivity contribution < 1.29 is 14.7 Å². The largest absolute Gasteiger partial charge is 0.465 e. The average molecular weight is 277 g/mol. The van der Waals surface area contributed by atoms with E-state index in [1.54, 1.807) is 19.2 Å². The Morgan fingerprint density at radius 1 is 1.20 bits per heavy atom. The second-order valence-electron chi connectivity index (χ2n) is 4.84. The molecular formula is C14H19N3O3. The lowest BCUT2D eigenvalue weighted by molar-refractivity contribution is 0.0963. The van der Waals surface area contributed by atoms with Crippen molar-refractivity contribution in [3.05, 3.63) is 29.8 Å². The molecule has 6 nitrogen and oxygen atoms in total. The van der Waals surface area contributed by atoms with Crippen LogP contribution in [0.3, 0.4) is 0 Å². The number of carbonyl (C=O) groups is 2. The Morgan fingerprint density at radius 2 is 1.80 bits per heavy atom. The highest BCUT2D eigenvalue weighted by Gasteiger charge is 2.21. The van der Waals surface area contributed by atoms with E-state index in [0.717, 1.165) is 18.5 Å². The Kier molecular flexibility index (Phi) is 4.45. The summed E-state index contributed by atoms with van der Waals surface area (Å²) in [6.07, 6.45) is 0.742. The molecule has 1 saturated heterocycles. The molecular weight excluding hydrogens is 258 g/mol. The highest BCUT2D eigenvalue weighted by Crippen LogP contribution is 2.17. The number of hydrogen-bond donors (Lipinski definition) is 3. The molecule has 20 heavy (non-hydrogen) atoms. The predicted molar refractivity (Wildman–Crippen MR) is 76.1 cm³/mol. The first kappa shape index (κ1) is 14.2. The van der Waals surface area contributed by atoms with Crippen LogP contribution in [-0.2, 0) is 0 Å². The van der Waals surface area contributed by atoms with E-state index < -0.39 is 6.09 Å². The number of nitrogens with one attached hydrogen (secondary N) is 2. The van der Waals surface area contributed by atoms with Gasteiger partial charge in [0.05, 0.1) is 0 Å². The van der Waals surface area contributed by atoms with Crippen LogP contribution in [0, 0.1) is 0 Å². The summed E-state index contributed by atoms with van der Waals surface area (Å²) >= 11 is 0. The SMILES string of the molecule is CNC(=O)c1ccc(NC2CCN(C(=O)O)CC2)cc1. The van der Waals surface area contributed by atoms with Crippen LogP contribution >= 0.6 is 0 Å².